The Bertz CT molecular complexity index is 974. The molecule has 4 fully saturated rings. The number of hydrogen-bond acceptors (Lipinski definition) is 5. The standard InChI is InChI=1S/C30H48O6/c1-17-9-12-30(24(34)35)14-13-27(4)18(22(30)29(17,6)36)7-8-20-25(2)11-10-21(33)26(3,16-31)23(25)19(32)15-28(20,27)5/h7,17,19-23,31-33,36H,8-16H2,1-6H3,(H,34,35)/t17-,19-,20-,21+,22-,23-,25-,26-,27-,28-,29-,30+/m1/s1. The van der Waals surface area contributed by atoms with Gasteiger partial charge in [0.1, 0.15) is 0 Å². The maximum atomic E-state index is 12.8. The SMILES string of the molecule is C[C@@H]1CC[C@]2(C(=O)O)CC[C@]3(C)C(=CC[C@@H]4[C@@]5(C)CC[C@H](O)[C@@](C)(CO)[C@@H]5[C@H](O)C[C@]43C)[C@@H]2[C@]1(C)O. The van der Waals surface area contributed by atoms with E-state index in [0.29, 0.717) is 32.1 Å². The minimum Gasteiger partial charge on any atom is -0.481 e. The zero-order valence-electron chi connectivity index (χ0n) is 23.0. The molecule has 0 aromatic heterocycles. The van der Waals surface area contributed by atoms with Crippen molar-refractivity contribution in [2.45, 2.75) is 111 Å². The van der Waals surface area contributed by atoms with Crippen LogP contribution in [-0.4, -0.2) is 55.9 Å². The lowest BCUT2D eigenvalue weighted by atomic mass is 9.32. The van der Waals surface area contributed by atoms with E-state index in [-0.39, 0.29) is 40.6 Å². The van der Waals surface area contributed by atoms with Gasteiger partial charge in [0.15, 0.2) is 0 Å². The predicted octanol–water partition coefficient (Wildman–Crippen LogP) is 4.15. The molecule has 5 aliphatic carbocycles. The van der Waals surface area contributed by atoms with Crippen LogP contribution in [0.2, 0.25) is 0 Å². The molecule has 5 rings (SSSR count). The van der Waals surface area contributed by atoms with Crippen LogP contribution < -0.4 is 0 Å². The molecule has 0 heterocycles. The second-order valence-corrected chi connectivity index (χ2v) is 14.7. The number of carbonyl (C=O) groups is 1. The molecule has 0 aromatic rings. The summed E-state index contributed by atoms with van der Waals surface area (Å²) < 4.78 is 0. The normalized spacial score (nSPS) is 58.6. The number of carboxylic acids is 1. The molecule has 0 aromatic carbocycles. The van der Waals surface area contributed by atoms with Gasteiger partial charge in [-0.25, -0.2) is 0 Å². The van der Waals surface area contributed by atoms with E-state index in [1.807, 2.05) is 20.8 Å². The number of aliphatic carboxylic acids is 1. The molecule has 0 aliphatic heterocycles. The summed E-state index contributed by atoms with van der Waals surface area (Å²) in [6.07, 6.45) is 6.26. The van der Waals surface area contributed by atoms with Crippen molar-refractivity contribution in [3.8, 4) is 0 Å². The third-order valence-corrected chi connectivity index (χ3v) is 13.5. The van der Waals surface area contributed by atoms with Crippen LogP contribution in [-0.2, 0) is 4.79 Å². The lowest BCUT2D eigenvalue weighted by Crippen LogP contribution is -2.70. The van der Waals surface area contributed by atoms with E-state index in [9.17, 15) is 30.3 Å². The van der Waals surface area contributed by atoms with Crippen molar-refractivity contribution in [1.29, 1.82) is 0 Å². The van der Waals surface area contributed by atoms with Gasteiger partial charge in [0.05, 0.1) is 29.8 Å². The first-order valence-corrected chi connectivity index (χ1v) is 14.2. The number of fused-ring (bicyclic) bond motifs is 7. The lowest BCUT2D eigenvalue weighted by Gasteiger charge is -2.72. The molecule has 0 unspecified atom stereocenters. The van der Waals surface area contributed by atoms with Crippen LogP contribution in [0.5, 0.6) is 0 Å². The highest BCUT2D eigenvalue weighted by Gasteiger charge is 2.73. The molecule has 6 nitrogen and oxygen atoms in total. The van der Waals surface area contributed by atoms with E-state index in [0.717, 1.165) is 24.8 Å². The van der Waals surface area contributed by atoms with Gasteiger partial charge in [-0.15, -0.1) is 0 Å². The number of allylic oxidation sites excluding steroid dienone is 1. The highest BCUT2D eigenvalue weighted by Crippen LogP contribution is 2.76. The Morgan fingerprint density at radius 1 is 1.03 bits per heavy atom. The van der Waals surface area contributed by atoms with Crippen molar-refractivity contribution in [3.05, 3.63) is 11.6 Å². The highest BCUT2D eigenvalue weighted by molar-refractivity contribution is 5.77. The Morgan fingerprint density at radius 3 is 2.31 bits per heavy atom. The number of aliphatic hydroxyl groups excluding tert-OH is 3. The largest absolute Gasteiger partial charge is 0.481 e. The third-order valence-electron chi connectivity index (χ3n) is 13.5. The number of rotatable bonds is 2. The Hall–Kier alpha value is -0.950. The molecule has 0 saturated heterocycles. The summed E-state index contributed by atoms with van der Waals surface area (Å²) in [4.78, 5) is 12.8. The van der Waals surface area contributed by atoms with Gasteiger partial charge in [0.2, 0.25) is 0 Å². The molecule has 0 radical (unpaired) electrons. The summed E-state index contributed by atoms with van der Waals surface area (Å²) in [6.45, 7) is 12.5. The van der Waals surface area contributed by atoms with Crippen molar-refractivity contribution in [3.63, 3.8) is 0 Å². The monoisotopic (exact) mass is 504 g/mol. The van der Waals surface area contributed by atoms with Crippen LogP contribution in [0.3, 0.4) is 0 Å². The highest BCUT2D eigenvalue weighted by atomic mass is 16.4. The Kier molecular flexibility index (Phi) is 5.77. The van der Waals surface area contributed by atoms with Gasteiger partial charge in [-0.1, -0.05) is 46.3 Å². The predicted molar refractivity (Wildman–Crippen MR) is 137 cm³/mol. The van der Waals surface area contributed by atoms with Crippen molar-refractivity contribution in [1.82, 2.24) is 0 Å². The fraction of sp³-hybridized carbons (Fsp3) is 0.900. The van der Waals surface area contributed by atoms with Crippen LogP contribution in [0.25, 0.3) is 0 Å². The van der Waals surface area contributed by atoms with E-state index in [1.165, 1.54) is 0 Å². The maximum Gasteiger partial charge on any atom is 0.310 e. The molecule has 0 spiro atoms. The Labute approximate surface area is 216 Å². The molecule has 12 atom stereocenters. The zero-order valence-corrected chi connectivity index (χ0v) is 23.0. The molecular weight excluding hydrogens is 456 g/mol. The lowest BCUT2D eigenvalue weighted by molar-refractivity contribution is -0.255. The summed E-state index contributed by atoms with van der Waals surface area (Å²) in [5.41, 5.74) is -2.62. The first kappa shape index (κ1) is 26.6. The molecule has 204 valence electrons. The fourth-order valence-corrected chi connectivity index (χ4v) is 11.0. The summed E-state index contributed by atoms with van der Waals surface area (Å²) in [6, 6.07) is 0. The average molecular weight is 505 g/mol. The second-order valence-electron chi connectivity index (χ2n) is 14.7. The second kappa shape index (κ2) is 7.80. The minimum absolute atomic E-state index is 0.00712. The molecule has 4 saturated carbocycles. The minimum atomic E-state index is -1.11. The average Bonchev–Trinajstić information content (AvgIpc) is 2.79. The van der Waals surface area contributed by atoms with Gasteiger partial charge < -0.3 is 25.5 Å². The molecular formula is C30H48O6. The summed E-state index contributed by atoms with van der Waals surface area (Å²) >= 11 is 0. The van der Waals surface area contributed by atoms with Gasteiger partial charge in [-0.05, 0) is 86.4 Å². The van der Waals surface area contributed by atoms with E-state index in [1.54, 1.807) is 0 Å². The van der Waals surface area contributed by atoms with Crippen LogP contribution in [0.15, 0.2) is 11.6 Å². The van der Waals surface area contributed by atoms with Crippen LogP contribution in [0, 0.1) is 50.7 Å². The van der Waals surface area contributed by atoms with Crippen molar-refractivity contribution >= 4 is 5.97 Å². The van der Waals surface area contributed by atoms with E-state index in [2.05, 4.69) is 26.8 Å². The Morgan fingerprint density at radius 2 is 1.69 bits per heavy atom. The topological polar surface area (TPSA) is 118 Å². The first-order chi connectivity index (χ1) is 16.6. The molecule has 36 heavy (non-hydrogen) atoms. The van der Waals surface area contributed by atoms with Gasteiger partial charge >= 0.3 is 5.97 Å². The van der Waals surface area contributed by atoms with Crippen LogP contribution in [0.1, 0.15) is 92.9 Å². The van der Waals surface area contributed by atoms with Gasteiger partial charge in [0.25, 0.3) is 0 Å². The molecule has 5 N–H and O–H groups in total. The molecule has 6 heteroatoms. The Balaban J connectivity index is 1.66. The van der Waals surface area contributed by atoms with Gasteiger partial charge in [-0.2, -0.15) is 0 Å². The molecule has 5 aliphatic rings. The van der Waals surface area contributed by atoms with Crippen LogP contribution >= 0.6 is 0 Å². The van der Waals surface area contributed by atoms with Crippen molar-refractivity contribution in [2.75, 3.05) is 6.61 Å². The van der Waals surface area contributed by atoms with E-state index in [4.69, 9.17) is 0 Å². The summed E-state index contributed by atoms with van der Waals surface area (Å²) in [5, 5.41) is 55.6. The van der Waals surface area contributed by atoms with E-state index >= 15 is 0 Å². The first-order valence-electron chi connectivity index (χ1n) is 14.2. The van der Waals surface area contributed by atoms with Crippen molar-refractivity contribution < 1.29 is 30.3 Å². The zero-order chi connectivity index (χ0) is 26.7. The molecule has 0 bridgehead atoms. The quantitative estimate of drug-likeness (QED) is 0.361. The van der Waals surface area contributed by atoms with Crippen molar-refractivity contribution in [2.24, 2.45) is 50.7 Å². The molecule has 0 amide bonds. The fourth-order valence-electron chi connectivity index (χ4n) is 11.0. The number of carboxylic acid groups (broad SMARTS) is 1. The van der Waals surface area contributed by atoms with Gasteiger partial charge in [-0.3, -0.25) is 4.79 Å². The number of hydrogen-bond donors (Lipinski definition) is 5. The smallest absolute Gasteiger partial charge is 0.310 e. The van der Waals surface area contributed by atoms with Gasteiger partial charge in [0, 0.05) is 17.3 Å². The maximum absolute atomic E-state index is 12.8. The van der Waals surface area contributed by atoms with E-state index < -0.39 is 40.5 Å². The summed E-state index contributed by atoms with van der Waals surface area (Å²) in [7, 11) is 0. The van der Waals surface area contributed by atoms with Crippen LogP contribution in [0.4, 0.5) is 0 Å². The summed E-state index contributed by atoms with van der Waals surface area (Å²) in [5.74, 6) is -1.21. The third kappa shape index (κ3) is 2.91. The number of aliphatic hydroxyl groups is 4.